The highest BCUT2D eigenvalue weighted by molar-refractivity contribution is 6.35. The van der Waals surface area contributed by atoms with E-state index in [1.54, 1.807) is 16.8 Å². The first kappa shape index (κ1) is 19.3. The standard InChI is InChI=1S/C20H21Cl2N5/c1-13(17-9-8-16(21)10-18(17)22)25-20(23)24-11-15-12-27(2)26-19(15)14-6-4-3-5-7-14/h3-10,12-13H,11H2,1-2H3,(H3,23,24,25). The first-order chi connectivity index (χ1) is 12.9. The fraction of sp³-hybridized carbons (Fsp3) is 0.200. The van der Waals surface area contributed by atoms with Crippen LogP contribution in [0.25, 0.3) is 11.3 Å². The van der Waals surface area contributed by atoms with E-state index >= 15 is 0 Å². The van der Waals surface area contributed by atoms with E-state index < -0.39 is 0 Å². The minimum Gasteiger partial charge on any atom is -0.370 e. The molecule has 0 saturated heterocycles. The lowest BCUT2D eigenvalue weighted by Crippen LogP contribution is -2.34. The van der Waals surface area contributed by atoms with E-state index in [9.17, 15) is 0 Å². The number of nitrogens with two attached hydrogens (primary N) is 1. The summed E-state index contributed by atoms with van der Waals surface area (Å²) in [7, 11) is 1.89. The summed E-state index contributed by atoms with van der Waals surface area (Å²) in [4.78, 5) is 4.47. The Bertz CT molecular complexity index is 950. The van der Waals surface area contributed by atoms with Crippen molar-refractivity contribution in [3.8, 4) is 11.3 Å². The molecule has 3 rings (SSSR count). The molecule has 0 spiro atoms. The van der Waals surface area contributed by atoms with E-state index in [-0.39, 0.29) is 6.04 Å². The Kier molecular flexibility index (Phi) is 6.04. The molecule has 140 valence electrons. The molecule has 1 atom stereocenters. The average molecular weight is 402 g/mol. The topological polar surface area (TPSA) is 68.2 Å². The number of nitrogens with zero attached hydrogens (tertiary/aromatic N) is 3. The van der Waals surface area contributed by atoms with Crippen molar-refractivity contribution in [1.29, 1.82) is 0 Å². The predicted molar refractivity (Wildman–Crippen MR) is 112 cm³/mol. The van der Waals surface area contributed by atoms with Gasteiger partial charge in [-0.2, -0.15) is 5.10 Å². The van der Waals surface area contributed by atoms with Crippen molar-refractivity contribution in [2.45, 2.75) is 19.5 Å². The largest absolute Gasteiger partial charge is 0.370 e. The number of guanidine groups is 1. The molecule has 0 fully saturated rings. The lowest BCUT2D eigenvalue weighted by Gasteiger charge is -2.16. The van der Waals surface area contributed by atoms with Gasteiger partial charge in [0.15, 0.2) is 5.96 Å². The van der Waals surface area contributed by atoms with Gasteiger partial charge in [-0.15, -0.1) is 0 Å². The molecular formula is C20H21Cl2N5. The van der Waals surface area contributed by atoms with Gasteiger partial charge in [0.05, 0.1) is 18.3 Å². The van der Waals surface area contributed by atoms with Crippen LogP contribution in [0.15, 0.2) is 59.7 Å². The molecule has 1 unspecified atom stereocenters. The molecule has 2 aromatic carbocycles. The quantitative estimate of drug-likeness (QED) is 0.486. The maximum Gasteiger partial charge on any atom is 0.189 e. The van der Waals surface area contributed by atoms with Crippen molar-refractivity contribution in [2.24, 2.45) is 17.8 Å². The number of nitrogens with one attached hydrogen (secondary N) is 1. The Hall–Kier alpha value is -2.50. The number of rotatable bonds is 5. The maximum absolute atomic E-state index is 6.26. The fourth-order valence-electron chi connectivity index (χ4n) is 2.86. The van der Waals surface area contributed by atoms with Gasteiger partial charge < -0.3 is 11.1 Å². The Balaban J connectivity index is 1.73. The zero-order valence-corrected chi connectivity index (χ0v) is 16.7. The SMILES string of the molecule is CC(NC(N)=NCc1cn(C)nc1-c1ccccc1)c1ccc(Cl)cc1Cl. The van der Waals surface area contributed by atoms with Crippen LogP contribution < -0.4 is 11.1 Å². The second-order valence-electron chi connectivity index (χ2n) is 6.28. The lowest BCUT2D eigenvalue weighted by molar-refractivity contribution is 0.708. The van der Waals surface area contributed by atoms with Crippen molar-refractivity contribution >= 4 is 29.2 Å². The summed E-state index contributed by atoms with van der Waals surface area (Å²) in [5.41, 5.74) is 9.95. The zero-order chi connectivity index (χ0) is 19.4. The second kappa shape index (κ2) is 8.46. The minimum absolute atomic E-state index is 0.0963. The Morgan fingerprint density at radius 1 is 1.22 bits per heavy atom. The third-order valence-electron chi connectivity index (χ3n) is 4.16. The van der Waals surface area contributed by atoms with Crippen molar-refractivity contribution in [3.63, 3.8) is 0 Å². The highest BCUT2D eigenvalue weighted by Gasteiger charge is 2.12. The number of benzene rings is 2. The normalized spacial score (nSPS) is 12.8. The first-order valence-corrected chi connectivity index (χ1v) is 9.29. The highest BCUT2D eigenvalue weighted by atomic mass is 35.5. The van der Waals surface area contributed by atoms with Crippen LogP contribution in [-0.4, -0.2) is 15.7 Å². The second-order valence-corrected chi connectivity index (χ2v) is 7.12. The zero-order valence-electron chi connectivity index (χ0n) is 15.2. The monoisotopic (exact) mass is 401 g/mol. The summed E-state index contributed by atoms with van der Waals surface area (Å²) in [6.07, 6.45) is 1.96. The van der Waals surface area contributed by atoms with Crippen LogP contribution in [0, 0.1) is 0 Å². The summed E-state index contributed by atoms with van der Waals surface area (Å²) in [5, 5.41) is 8.90. The van der Waals surface area contributed by atoms with Gasteiger partial charge in [-0.1, -0.05) is 59.6 Å². The third-order valence-corrected chi connectivity index (χ3v) is 4.73. The van der Waals surface area contributed by atoms with E-state index in [1.807, 2.05) is 56.6 Å². The number of aromatic nitrogens is 2. The van der Waals surface area contributed by atoms with E-state index in [0.29, 0.717) is 22.5 Å². The third kappa shape index (κ3) is 4.81. The Morgan fingerprint density at radius 2 is 1.96 bits per heavy atom. The smallest absolute Gasteiger partial charge is 0.189 e. The molecule has 0 bridgehead atoms. The average Bonchev–Trinajstić information content (AvgIpc) is 3.01. The summed E-state index contributed by atoms with van der Waals surface area (Å²) in [6, 6.07) is 15.3. The molecule has 3 N–H and O–H groups in total. The predicted octanol–water partition coefficient (Wildman–Crippen LogP) is 4.56. The molecule has 0 amide bonds. The minimum atomic E-state index is -0.0963. The van der Waals surface area contributed by atoms with Gasteiger partial charge in [0.25, 0.3) is 0 Å². The molecule has 1 aromatic heterocycles. The van der Waals surface area contributed by atoms with Crippen LogP contribution in [0.4, 0.5) is 0 Å². The number of hydrogen-bond donors (Lipinski definition) is 2. The fourth-order valence-corrected chi connectivity index (χ4v) is 3.43. The van der Waals surface area contributed by atoms with Gasteiger partial charge in [0.1, 0.15) is 0 Å². The van der Waals surface area contributed by atoms with Gasteiger partial charge in [-0.3, -0.25) is 4.68 Å². The maximum atomic E-state index is 6.26. The summed E-state index contributed by atoms with van der Waals surface area (Å²) < 4.78 is 1.78. The number of aryl methyl sites for hydroxylation is 1. The molecular weight excluding hydrogens is 381 g/mol. The van der Waals surface area contributed by atoms with Crippen LogP contribution in [0.3, 0.4) is 0 Å². The molecule has 0 radical (unpaired) electrons. The molecule has 3 aromatic rings. The number of hydrogen-bond acceptors (Lipinski definition) is 2. The number of halogens is 2. The van der Waals surface area contributed by atoms with Crippen LogP contribution >= 0.6 is 23.2 Å². The first-order valence-electron chi connectivity index (χ1n) is 8.53. The van der Waals surface area contributed by atoms with Crippen LogP contribution in [0.2, 0.25) is 10.0 Å². The van der Waals surface area contributed by atoms with Crippen molar-refractivity contribution in [3.05, 3.63) is 75.9 Å². The van der Waals surface area contributed by atoms with Gasteiger partial charge >= 0.3 is 0 Å². The van der Waals surface area contributed by atoms with E-state index in [4.69, 9.17) is 28.9 Å². The molecule has 0 saturated carbocycles. The molecule has 0 aliphatic rings. The molecule has 7 heteroatoms. The van der Waals surface area contributed by atoms with Crippen molar-refractivity contribution in [1.82, 2.24) is 15.1 Å². The summed E-state index contributed by atoms with van der Waals surface area (Å²) >= 11 is 12.2. The van der Waals surface area contributed by atoms with E-state index in [0.717, 1.165) is 22.4 Å². The Labute approximate surface area is 168 Å². The van der Waals surface area contributed by atoms with Gasteiger partial charge in [0.2, 0.25) is 0 Å². The lowest BCUT2D eigenvalue weighted by atomic mass is 10.1. The summed E-state index contributed by atoms with van der Waals surface area (Å²) in [6.45, 7) is 2.40. The van der Waals surface area contributed by atoms with Gasteiger partial charge in [-0.05, 0) is 24.6 Å². The van der Waals surface area contributed by atoms with Crippen molar-refractivity contribution in [2.75, 3.05) is 0 Å². The van der Waals surface area contributed by atoms with Crippen LogP contribution in [0.1, 0.15) is 24.1 Å². The molecule has 0 aliphatic heterocycles. The van der Waals surface area contributed by atoms with Crippen LogP contribution in [-0.2, 0) is 13.6 Å². The van der Waals surface area contributed by atoms with E-state index in [1.165, 1.54) is 0 Å². The van der Waals surface area contributed by atoms with E-state index in [2.05, 4.69) is 15.4 Å². The molecule has 27 heavy (non-hydrogen) atoms. The van der Waals surface area contributed by atoms with Gasteiger partial charge in [-0.25, -0.2) is 4.99 Å². The van der Waals surface area contributed by atoms with Crippen molar-refractivity contribution < 1.29 is 0 Å². The molecule has 0 aliphatic carbocycles. The number of aliphatic imine (C=N–C) groups is 1. The molecule has 5 nitrogen and oxygen atoms in total. The van der Waals surface area contributed by atoms with Gasteiger partial charge in [0, 0.05) is 34.4 Å². The molecule has 1 heterocycles. The Morgan fingerprint density at radius 3 is 2.67 bits per heavy atom. The van der Waals surface area contributed by atoms with Crippen LogP contribution in [0.5, 0.6) is 0 Å². The summed E-state index contributed by atoms with van der Waals surface area (Å²) in [5.74, 6) is 0.344. The highest BCUT2D eigenvalue weighted by Crippen LogP contribution is 2.26.